The standard InChI is InChI=1S/C17H30N2/c1-5-17(6-2,14-18-4)15-19(7-3)13-16-11-9-8-10-12-16/h8-12,18H,5-7,13-15H2,1-4H3. The Bertz CT molecular complexity index is 330. The van der Waals surface area contributed by atoms with Crippen molar-refractivity contribution in [3.63, 3.8) is 0 Å². The predicted octanol–water partition coefficient (Wildman–Crippen LogP) is 3.53. The molecule has 0 saturated heterocycles. The molecule has 0 unspecified atom stereocenters. The molecule has 0 atom stereocenters. The third-order valence-corrected chi connectivity index (χ3v) is 4.31. The van der Waals surface area contributed by atoms with Crippen molar-refractivity contribution in [1.29, 1.82) is 0 Å². The van der Waals surface area contributed by atoms with Crippen LogP contribution in [0.4, 0.5) is 0 Å². The van der Waals surface area contributed by atoms with Crippen molar-refractivity contribution in [1.82, 2.24) is 10.2 Å². The lowest BCUT2D eigenvalue weighted by atomic mass is 9.81. The second-order valence-electron chi connectivity index (χ2n) is 5.53. The van der Waals surface area contributed by atoms with Crippen molar-refractivity contribution in [3.8, 4) is 0 Å². The molecule has 2 nitrogen and oxygen atoms in total. The van der Waals surface area contributed by atoms with E-state index in [1.807, 2.05) is 0 Å². The lowest BCUT2D eigenvalue weighted by molar-refractivity contribution is 0.135. The Hall–Kier alpha value is -0.860. The molecule has 0 spiro atoms. The molecular weight excluding hydrogens is 232 g/mol. The molecule has 0 bridgehead atoms. The van der Waals surface area contributed by atoms with Crippen LogP contribution in [0, 0.1) is 5.41 Å². The number of rotatable bonds is 9. The highest BCUT2D eigenvalue weighted by molar-refractivity contribution is 5.14. The van der Waals surface area contributed by atoms with Crippen LogP contribution in [0.2, 0.25) is 0 Å². The molecule has 0 aliphatic rings. The molecule has 0 aliphatic heterocycles. The van der Waals surface area contributed by atoms with Gasteiger partial charge in [0.15, 0.2) is 0 Å². The van der Waals surface area contributed by atoms with Gasteiger partial charge in [-0.2, -0.15) is 0 Å². The van der Waals surface area contributed by atoms with Crippen LogP contribution in [-0.4, -0.2) is 31.6 Å². The Balaban J connectivity index is 2.69. The Morgan fingerprint density at radius 1 is 1.05 bits per heavy atom. The van der Waals surface area contributed by atoms with Gasteiger partial charge < -0.3 is 5.32 Å². The SMILES string of the molecule is CCN(Cc1ccccc1)CC(CC)(CC)CNC. The molecule has 1 aromatic carbocycles. The van der Waals surface area contributed by atoms with E-state index in [1.165, 1.54) is 24.9 Å². The Labute approximate surface area is 119 Å². The molecule has 0 amide bonds. The number of nitrogens with one attached hydrogen (secondary N) is 1. The Morgan fingerprint density at radius 3 is 2.16 bits per heavy atom. The summed E-state index contributed by atoms with van der Waals surface area (Å²) in [5.41, 5.74) is 1.81. The van der Waals surface area contributed by atoms with Gasteiger partial charge in [0.05, 0.1) is 0 Å². The molecule has 0 radical (unpaired) electrons. The van der Waals surface area contributed by atoms with Crippen molar-refractivity contribution in [2.75, 3.05) is 26.7 Å². The summed E-state index contributed by atoms with van der Waals surface area (Å²) in [5, 5.41) is 3.38. The lowest BCUT2D eigenvalue weighted by Gasteiger charge is -2.37. The van der Waals surface area contributed by atoms with Gasteiger partial charge in [0.1, 0.15) is 0 Å². The van der Waals surface area contributed by atoms with Crippen molar-refractivity contribution < 1.29 is 0 Å². The lowest BCUT2D eigenvalue weighted by Crippen LogP contribution is -2.42. The molecule has 0 fully saturated rings. The van der Waals surface area contributed by atoms with E-state index in [2.05, 4.69) is 68.4 Å². The maximum absolute atomic E-state index is 3.38. The minimum atomic E-state index is 0.402. The molecule has 0 aliphatic carbocycles. The molecule has 1 aromatic rings. The highest BCUT2D eigenvalue weighted by Gasteiger charge is 2.27. The first-order valence-electron chi connectivity index (χ1n) is 7.60. The summed E-state index contributed by atoms with van der Waals surface area (Å²) in [6.45, 7) is 11.3. The van der Waals surface area contributed by atoms with Crippen LogP contribution in [0.15, 0.2) is 30.3 Å². The van der Waals surface area contributed by atoms with E-state index in [9.17, 15) is 0 Å². The molecule has 19 heavy (non-hydrogen) atoms. The summed E-state index contributed by atoms with van der Waals surface area (Å²) in [7, 11) is 2.06. The summed E-state index contributed by atoms with van der Waals surface area (Å²) < 4.78 is 0. The van der Waals surface area contributed by atoms with Crippen LogP contribution in [0.25, 0.3) is 0 Å². The zero-order valence-corrected chi connectivity index (χ0v) is 13.1. The molecule has 0 heterocycles. The second kappa shape index (κ2) is 8.34. The van der Waals surface area contributed by atoms with Crippen LogP contribution in [0.1, 0.15) is 39.2 Å². The molecule has 2 heteroatoms. The maximum Gasteiger partial charge on any atom is 0.0233 e. The average molecular weight is 262 g/mol. The molecule has 1 N–H and O–H groups in total. The number of hydrogen-bond donors (Lipinski definition) is 1. The van der Waals surface area contributed by atoms with Crippen molar-refractivity contribution >= 4 is 0 Å². The topological polar surface area (TPSA) is 15.3 Å². The van der Waals surface area contributed by atoms with E-state index in [1.54, 1.807) is 0 Å². The first-order chi connectivity index (χ1) is 9.19. The normalized spacial score (nSPS) is 12.1. The van der Waals surface area contributed by atoms with Gasteiger partial charge in [0, 0.05) is 19.6 Å². The van der Waals surface area contributed by atoms with Crippen LogP contribution in [0.3, 0.4) is 0 Å². The van der Waals surface area contributed by atoms with Gasteiger partial charge in [-0.05, 0) is 37.4 Å². The molecule has 0 aromatic heterocycles. The molecular formula is C17H30N2. The van der Waals surface area contributed by atoms with Crippen LogP contribution < -0.4 is 5.32 Å². The van der Waals surface area contributed by atoms with E-state index < -0.39 is 0 Å². The first-order valence-corrected chi connectivity index (χ1v) is 7.60. The largest absolute Gasteiger partial charge is 0.319 e. The smallest absolute Gasteiger partial charge is 0.0233 e. The number of benzene rings is 1. The van der Waals surface area contributed by atoms with E-state index in [4.69, 9.17) is 0 Å². The number of nitrogens with zero attached hydrogens (tertiary/aromatic N) is 1. The van der Waals surface area contributed by atoms with Crippen molar-refractivity contribution in [2.24, 2.45) is 5.41 Å². The van der Waals surface area contributed by atoms with Gasteiger partial charge >= 0.3 is 0 Å². The fourth-order valence-corrected chi connectivity index (χ4v) is 2.75. The first kappa shape index (κ1) is 16.2. The summed E-state index contributed by atoms with van der Waals surface area (Å²) in [6, 6.07) is 10.8. The zero-order chi connectivity index (χ0) is 14.1. The molecule has 1 rings (SSSR count). The van der Waals surface area contributed by atoms with Gasteiger partial charge in [-0.15, -0.1) is 0 Å². The van der Waals surface area contributed by atoms with E-state index in [0.717, 1.165) is 19.6 Å². The predicted molar refractivity (Wildman–Crippen MR) is 84.3 cm³/mol. The fourth-order valence-electron chi connectivity index (χ4n) is 2.75. The van der Waals surface area contributed by atoms with Crippen LogP contribution >= 0.6 is 0 Å². The third kappa shape index (κ3) is 4.96. The Morgan fingerprint density at radius 2 is 1.68 bits per heavy atom. The van der Waals surface area contributed by atoms with E-state index >= 15 is 0 Å². The van der Waals surface area contributed by atoms with Crippen LogP contribution in [-0.2, 0) is 6.54 Å². The van der Waals surface area contributed by atoms with Crippen molar-refractivity contribution in [2.45, 2.75) is 40.2 Å². The summed E-state index contributed by atoms with van der Waals surface area (Å²) >= 11 is 0. The summed E-state index contributed by atoms with van der Waals surface area (Å²) in [4.78, 5) is 2.57. The minimum Gasteiger partial charge on any atom is -0.319 e. The third-order valence-electron chi connectivity index (χ3n) is 4.31. The summed E-state index contributed by atoms with van der Waals surface area (Å²) in [6.07, 6.45) is 2.46. The van der Waals surface area contributed by atoms with Gasteiger partial charge in [0.2, 0.25) is 0 Å². The average Bonchev–Trinajstić information content (AvgIpc) is 2.47. The van der Waals surface area contributed by atoms with E-state index in [0.29, 0.717) is 5.41 Å². The maximum atomic E-state index is 3.38. The highest BCUT2D eigenvalue weighted by atomic mass is 15.1. The zero-order valence-electron chi connectivity index (χ0n) is 13.1. The van der Waals surface area contributed by atoms with Crippen LogP contribution in [0.5, 0.6) is 0 Å². The highest BCUT2D eigenvalue weighted by Crippen LogP contribution is 2.27. The number of hydrogen-bond acceptors (Lipinski definition) is 2. The Kier molecular flexibility index (Phi) is 7.11. The summed E-state index contributed by atoms with van der Waals surface area (Å²) in [5.74, 6) is 0. The van der Waals surface area contributed by atoms with Gasteiger partial charge in [-0.3, -0.25) is 4.90 Å². The second-order valence-corrected chi connectivity index (χ2v) is 5.53. The fraction of sp³-hybridized carbons (Fsp3) is 0.647. The molecule has 0 saturated carbocycles. The van der Waals surface area contributed by atoms with Gasteiger partial charge in [-0.25, -0.2) is 0 Å². The van der Waals surface area contributed by atoms with E-state index in [-0.39, 0.29) is 0 Å². The quantitative estimate of drug-likeness (QED) is 0.732. The molecule has 108 valence electrons. The van der Waals surface area contributed by atoms with Gasteiger partial charge in [-0.1, -0.05) is 51.1 Å². The minimum absolute atomic E-state index is 0.402. The van der Waals surface area contributed by atoms with Crippen molar-refractivity contribution in [3.05, 3.63) is 35.9 Å². The van der Waals surface area contributed by atoms with Gasteiger partial charge in [0.25, 0.3) is 0 Å². The monoisotopic (exact) mass is 262 g/mol.